The summed E-state index contributed by atoms with van der Waals surface area (Å²) >= 11 is 0. The van der Waals surface area contributed by atoms with Crippen LogP contribution < -0.4 is 4.90 Å². The lowest BCUT2D eigenvalue weighted by molar-refractivity contribution is -0.0912. The van der Waals surface area contributed by atoms with Gasteiger partial charge in [0.15, 0.2) is 5.65 Å². The van der Waals surface area contributed by atoms with Crippen molar-refractivity contribution in [3.63, 3.8) is 0 Å². The molecule has 2 aliphatic heterocycles. The lowest BCUT2D eigenvalue weighted by Crippen LogP contribution is -2.56. The fraction of sp³-hybridized carbons (Fsp3) is 0.667. The summed E-state index contributed by atoms with van der Waals surface area (Å²) < 4.78 is 9.80. The average molecular weight is 476 g/mol. The Morgan fingerprint density at radius 3 is 2.71 bits per heavy atom. The summed E-state index contributed by atoms with van der Waals surface area (Å²) in [5.74, 6) is 0. The van der Waals surface area contributed by atoms with Crippen LogP contribution in [0.15, 0.2) is 12.3 Å². The van der Waals surface area contributed by atoms with E-state index in [9.17, 15) is 0 Å². The van der Waals surface area contributed by atoms with E-state index in [-0.39, 0.29) is 0 Å². The van der Waals surface area contributed by atoms with Gasteiger partial charge in [0.2, 0.25) is 0 Å². The molecule has 0 atom stereocenters. The van der Waals surface area contributed by atoms with E-state index in [4.69, 9.17) is 14.8 Å². The van der Waals surface area contributed by atoms with E-state index >= 15 is 0 Å². The maximum Gasteiger partial charge on any atom is 0.159 e. The topological polar surface area (TPSA) is 64.2 Å². The number of ether oxygens (including phenoxy) is 1. The fourth-order valence-corrected chi connectivity index (χ4v) is 7.62. The first kappa shape index (κ1) is 21.8. The van der Waals surface area contributed by atoms with Crippen molar-refractivity contribution in [2.45, 2.75) is 77.0 Å². The highest BCUT2D eigenvalue weighted by Crippen LogP contribution is 2.60. The first-order chi connectivity index (χ1) is 16.9. The van der Waals surface area contributed by atoms with E-state index < -0.39 is 0 Å². The predicted molar refractivity (Wildman–Crippen MR) is 136 cm³/mol. The Balaban J connectivity index is 1.14. The van der Waals surface area contributed by atoms with Crippen molar-refractivity contribution in [3.05, 3.63) is 34.9 Å². The second-order valence-electron chi connectivity index (χ2n) is 11.8. The van der Waals surface area contributed by atoms with E-state index in [2.05, 4.69) is 46.5 Å². The van der Waals surface area contributed by atoms with Gasteiger partial charge in [-0.15, -0.1) is 0 Å². The van der Waals surface area contributed by atoms with Gasteiger partial charge in [-0.05, 0) is 64.5 Å². The van der Waals surface area contributed by atoms with Crippen LogP contribution in [0.2, 0.25) is 0 Å². The highest BCUT2D eigenvalue weighted by Gasteiger charge is 2.57. The van der Waals surface area contributed by atoms with Crippen molar-refractivity contribution < 1.29 is 4.74 Å². The average Bonchev–Trinajstić information content (AvgIpc) is 3.55. The van der Waals surface area contributed by atoms with E-state index in [0.717, 1.165) is 56.0 Å². The van der Waals surface area contributed by atoms with Crippen LogP contribution in [0.3, 0.4) is 0 Å². The minimum atomic E-state index is 0.391. The van der Waals surface area contributed by atoms with Crippen LogP contribution in [0.4, 0.5) is 5.69 Å². The standard InChI is InChI=1S/C27H37N7O/c1-18-11-24(21-12-28-32(4)25(21)29-18)33-10-5-23-22(13-33)19(2)30-34(23)17-26-6-8-27(16-26,9-7-26)31(3)20-14-35-15-20/h11-12,20H,5-10,13-17H2,1-4H3. The van der Waals surface area contributed by atoms with Gasteiger partial charge >= 0.3 is 0 Å². The van der Waals surface area contributed by atoms with Crippen molar-refractivity contribution in [1.29, 1.82) is 0 Å². The van der Waals surface area contributed by atoms with Crippen molar-refractivity contribution in [2.75, 3.05) is 31.7 Å². The molecule has 7 rings (SSSR count). The zero-order valence-corrected chi connectivity index (χ0v) is 21.5. The maximum atomic E-state index is 5.51. The highest BCUT2D eigenvalue weighted by atomic mass is 16.5. The number of aromatic nitrogens is 5. The first-order valence-corrected chi connectivity index (χ1v) is 13.3. The lowest BCUT2D eigenvalue weighted by Gasteiger charge is -2.45. The molecular weight excluding hydrogens is 438 g/mol. The predicted octanol–water partition coefficient (Wildman–Crippen LogP) is 3.38. The van der Waals surface area contributed by atoms with Crippen molar-refractivity contribution in [2.24, 2.45) is 12.5 Å². The molecule has 3 aromatic heterocycles. The Labute approximate surface area is 207 Å². The van der Waals surface area contributed by atoms with Gasteiger partial charge in [-0.3, -0.25) is 14.3 Å². The highest BCUT2D eigenvalue weighted by molar-refractivity contribution is 5.89. The largest absolute Gasteiger partial charge is 0.378 e. The second-order valence-corrected chi connectivity index (χ2v) is 11.8. The summed E-state index contributed by atoms with van der Waals surface area (Å²) in [5, 5.41) is 10.8. The quantitative estimate of drug-likeness (QED) is 0.564. The molecule has 0 aromatic carbocycles. The number of likely N-dealkylation sites (N-methyl/N-ethyl adjacent to an activating group) is 1. The Kier molecular flexibility index (Phi) is 4.69. The number of anilines is 1. The number of pyridine rings is 1. The molecule has 0 amide bonds. The van der Waals surface area contributed by atoms with Gasteiger partial charge in [-0.2, -0.15) is 10.2 Å². The third-order valence-corrected chi connectivity index (χ3v) is 9.83. The van der Waals surface area contributed by atoms with Crippen LogP contribution in [-0.4, -0.2) is 67.8 Å². The molecule has 0 spiro atoms. The molecule has 0 unspecified atom stereocenters. The maximum absolute atomic E-state index is 5.51. The number of rotatable bonds is 5. The zero-order valence-electron chi connectivity index (χ0n) is 21.5. The summed E-state index contributed by atoms with van der Waals surface area (Å²) in [7, 11) is 4.32. The third-order valence-electron chi connectivity index (χ3n) is 9.83. The molecule has 186 valence electrons. The van der Waals surface area contributed by atoms with E-state index in [1.54, 1.807) is 0 Å². The number of nitrogens with zero attached hydrogens (tertiary/aromatic N) is 7. The smallest absolute Gasteiger partial charge is 0.159 e. The fourth-order valence-electron chi connectivity index (χ4n) is 7.62. The molecule has 35 heavy (non-hydrogen) atoms. The molecule has 5 heterocycles. The summed E-state index contributed by atoms with van der Waals surface area (Å²) in [6.07, 6.45) is 9.65. The van der Waals surface area contributed by atoms with Gasteiger partial charge < -0.3 is 9.64 Å². The summed E-state index contributed by atoms with van der Waals surface area (Å²) in [6, 6.07) is 2.84. The van der Waals surface area contributed by atoms with E-state index in [1.807, 2.05) is 17.9 Å². The number of hydrogen-bond donors (Lipinski definition) is 0. The lowest BCUT2D eigenvalue weighted by atomic mass is 9.83. The number of fused-ring (bicyclic) bond motifs is 4. The Bertz CT molecular complexity index is 1290. The molecule has 8 heteroatoms. The molecule has 3 fully saturated rings. The van der Waals surface area contributed by atoms with Gasteiger partial charge in [-0.1, -0.05) is 0 Å². The Morgan fingerprint density at radius 1 is 1.17 bits per heavy atom. The van der Waals surface area contributed by atoms with E-state index in [1.165, 1.54) is 54.7 Å². The van der Waals surface area contributed by atoms with Crippen LogP contribution in [-0.2, 0) is 31.3 Å². The normalized spacial score (nSPS) is 28.3. The van der Waals surface area contributed by atoms with Crippen molar-refractivity contribution >= 4 is 16.7 Å². The Morgan fingerprint density at radius 2 is 1.97 bits per heavy atom. The molecule has 3 aromatic rings. The summed E-state index contributed by atoms with van der Waals surface area (Å²) in [4.78, 5) is 9.91. The summed E-state index contributed by atoms with van der Waals surface area (Å²) in [6.45, 7) is 9.11. The Hall–Kier alpha value is -2.45. The van der Waals surface area contributed by atoms with Gasteiger partial charge in [0.05, 0.1) is 42.2 Å². The van der Waals surface area contributed by atoms with Crippen LogP contribution in [0.1, 0.15) is 54.7 Å². The van der Waals surface area contributed by atoms with Gasteiger partial charge in [0.25, 0.3) is 0 Å². The minimum absolute atomic E-state index is 0.391. The van der Waals surface area contributed by atoms with Crippen LogP contribution in [0.5, 0.6) is 0 Å². The van der Waals surface area contributed by atoms with Gasteiger partial charge in [-0.25, -0.2) is 4.98 Å². The van der Waals surface area contributed by atoms with Gasteiger partial charge in [0, 0.05) is 55.6 Å². The van der Waals surface area contributed by atoms with Crippen LogP contribution in [0.25, 0.3) is 11.0 Å². The summed E-state index contributed by atoms with van der Waals surface area (Å²) in [5.41, 5.74) is 8.13. The van der Waals surface area contributed by atoms with Crippen molar-refractivity contribution in [1.82, 2.24) is 29.4 Å². The zero-order chi connectivity index (χ0) is 23.9. The molecular formula is C27H37N7O. The molecule has 1 saturated heterocycles. The number of aryl methyl sites for hydroxylation is 3. The molecule has 2 aliphatic carbocycles. The van der Waals surface area contributed by atoms with E-state index in [0.29, 0.717) is 17.0 Å². The number of hydrogen-bond acceptors (Lipinski definition) is 6. The minimum Gasteiger partial charge on any atom is -0.378 e. The molecule has 2 saturated carbocycles. The monoisotopic (exact) mass is 475 g/mol. The SMILES string of the molecule is Cc1cc(N2CCc3c(c(C)nn3CC34CCC(N(C)C5COC5)(CC3)C4)C2)c2cnn(C)c2n1. The molecule has 2 bridgehead atoms. The molecule has 0 radical (unpaired) electrons. The molecule has 0 N–H and O–H groups in total. The van der Waals surface area contributed by atoms with Crippen LogP contribution >= 0.6 is 0 Å². The third kappa shape index (κ3) is 3.22. The molecule has 8 nitrogen and oxygen atoms in total. The van der Waals surface area contributed by atoms with Crippen LogP contribution in [0, 0.1) is 19.3 Å². The van der Waals surface area contributed by atoms with Gasteiger partial charge in [0.1, 0.15) is 0 Å². The van der Waals surface area contributed by atoms with Crippen molar-refractivity contribution in [3.8, 4) is 0 Å². The molecule has 4 aliphatic rings. The second kappa shape index (κ2) is 7.53. The first-order valence-electron chi connectivity index (χ1n) is 13.3.